The van der Waals surface area contributed by atoms with Crippen LogP contribution >= 0.6 is 0 Å². The monoisotopic (exact) mass is 1770 g/mol. The van der Waals surface area contributed by atoms with E-state index in [1.807, 2.05) is 90.1 Å². The minimum Gasteiger partial charge on any atom is -0.465 e. The standard InChI is InChI=1S/C27H30O2.C24H34O3.C23H34O2.C23H26O2.C23H32O2/c1-4-19(2)21-13-15-24(16-14-21)29-20(3)28-18-27-25-11-7-5-9-22(25)17-23-10-6-8-12-26(23)27;1-6-19(5)21-8-9-23(22(15-21)16-25)27-24(7-2)26-11-10-20-13-17(3)12-18(4)14-20;1-4-16(2)21-5-7-22(8-6-21)25-17(3)24-15-23-12-18-9-19(13-23)11-20(10-18)14-23;1-4-17(2)19-12-14-22(15-13-19)25-18(3)24-16-21-10-7-9-20-8-5-6-11-23(20)21;1-5-19(2)21-14-16-22(17-15-21)25-23(3,4)24-18-10-9-13-20-11-7-6-8-12-20/h5-9,11,13-17,19-20H,4,10,12,18H2,1-3H3;8-9,12-15,19,24-25H,6-7,10-11,16H2,1-5H3;5-8,16-20H,4,9-15H2,1-3H3;5-15,17-18H,4,16H2,1-3H3;6-8,11-12,14-17,19H,5,9-10,13,18H2,1-4H3. The molecule has 4 bridgehead atoms. The van der Waals surface area contributed by atoms with E-state index >= 15 is 0 Å². The van der Waals surface area contributed by atoms with Crippen LogP contribution in [-0.4, -0.2) is 55.9 Å². The van der Waals surface area contributed by atoms with Gasteiger partial charge in [-0.2, -0.15) is 0 Å². The number of hydrogen-bond acceptors (Lipinski definition) is 11. The van der Waals surface area contributed by atoms with E-state index in [9.17, 15) is 5.11 Å². The van der Waals surface area contributed by atoms with Crippen molar-refractivity contribution < 1.29 is 52.5 Å². The van der Waals surface area contributed by atoms with Crippen molar-refractivity contribution >= 4 is 21.5 Å². The van der Waals surface area contributed by atoms with E-state index in [4.69, 9.17) is 47.4 Å². The lowest BCUT2D eigenvalue weighted by molar-refractivity contribution is -0.156. The molecule has 0 spiro atoms. The lowest BCUT2D eigenvalue weighted by Gasteiger charge is -2.56. The first kappa shape index (κ1) is 102. The van der Waals surface area contributed by atoms with Crippen LogP contribution in [0.4, 0.5) is 0 Å². The normalized spacial score (nSPS) is 17.9. The van der Waals surface area contributed by atoms with Crippen molar-refractivity contribution in [3.63, 3.8) is 0 Å². The summed E-state index contributed by atoms with van der Waals surface area (Å²) in [5, 5.41) is 14.8. The predicted octanol–water partition coefficient (Wildman–Crippen LogP) is 31.4. The van der Waals surface area contributed by atoms with Crippen molar-refractivity contribution in [2.24, 2.45) is 23.2 Å². The number of aliphatic hydroxyl groups is 1. The zero-order chi connectivity index (χ0) is 93.2. The molecule has 0 aromatic heterocycles. The number of unbranched alkanes of at least 4 members (excludes halogenated alkanes) is 1. The van der Waals surface area contributed by atoms with Gasteiger partial charge in [0.2, 0.25) is 5.79 Å². The molecule has 9 unspecified atom stereocenters. The van der Waals surface area contributed by atoms with Gasteiger partial charge in [-0.1, -0.05) is 275 Å². The van der Waals surface area contributed by atoms with E-state index in [2.05, 4.69) is 283 Å². The summed E-state index contributed by atoms with van der Waals surface area (Å²) in [6, 6.07) is 82.6. The third-order valence-corrected chi connectivity index (χ3v) is 27.5. The van der Waals surface area contributed by atoms with Crippen LogP contribution in [-0.2, 0) is 69.2 Å². The second-order valence-corrected chi connectivity index (χ2v) is 38.4. The summed E-state index contributed by atoms with van der Waals surface area (Å²) in [6.45, 7) is 41.7. The maximum atomic E-state index is 9.74. The Morgan fingerprint density at radius 1 is 0.389 bits per heavy atom. The van der Waals surface area contributed by atoms with Crippen molar-refractivity contribution in [3.8, 4) is 28.7 Å². The van der Waals surface area contributed by atoms with Crippen LogP contribution in [0.15, 0.2) is 249 Å². The lowest BCUT2D eigenvalue weighted by Crippen LogP contribution is -2.48. The van der Waals surface area contributed by atoms with E-state index in [-0.39, 0.29) is 31.8 Å². The molecule has 11 heteroatoms. The van der Waals surface area contributed by atoms with Crippen LogP contribution in [0.25, 0.3) is 21.5 Å². The predicted molar refractivity (Wildman–Crippen MR) is 543 cm³/mol. The number of allylic oxidation sites excluding steroid dienone is 2. The van der Waals surface area contributed by atoms with Gasteiger partial charge in [0.05, 0.1) is 39.6 Å². The first-order valence-electron chi connectivity index (χ1n) is 49.7. The van der Waals surface area contributed by atoms with Crippen molar-refractivity contribution in [2.45, 2.75) is 321 Å². The second kappa shape index (κ2) is 51.6. The summed E-state index contributed by atoms with van der Waals surface area (Å²) in [5.41, 5.74) is 18.5. The van der Waals surface area contributed by atoms with Crippen molar-refractivity contribution in [2.75, 3.05) is 19.8 Å². The molecule has 0 aliphatic heterocycles. The molecule has 0 radical (unpaired) electrons. The Balaban J connectivity index is 0.000000158. The van der Waals surface area contributed by atoms with Gasteiger partial charge in [-0.15, -0.1) is 0 Å². The highest BCUT2D eigenvalue weighted by molar-refractivity contribution is 5.88. The number of aliphatic hydroxyl groups excluding tert-OH is 1. The molecule has 11 aromatic carbocycles. The van der Waals surface area contributed by atoms with Gasteiger partial charge in [0, 0.05) is 25.8 Å². The summed E-state index contributed by atoms with van der Waals surface area (Å²) in [6.07, 6.45) is 24.7. The highest BCUT2D eigenvalue weighted by atomic mass is 16.7. The topological polar surface area (TPSA) is 113 Å². The Labute approximate surface area is 788 Å². The molecule has 0 saturated heterocycles. The molecule has 11 aromatic rings. The van der Waals surface area contributed by atoms with Gasteiger partial charge in [0.15, 0.2) is 25.2 Å². The quantitative estimate of drug-likeness (QED) is 0.0225. The molecule has 131 heavy (non-hydrogen) atoms. The minimum atomic E-state index is -0.607. The highest BCUT2D eigenvalue weighted by Crippen LogP contribution is 2.60. The lowest BCUT2D eigenvalue weighted by atomic mass is 9.50. The molecule has 4 fully saturated rings. The number of rotatable bonds is 41. The Morgan fingerprint density at radius 3 is 1.38 bits per heavy atom. The number of benzene rings is 11. The minimum absolute atomic E-state index is 0.0292. The van der Waals surface area contributed by atoms with Gasteiger partial charge in [-0.3, -0.25) is 0 Å². The molecule has 0 amide bonds. The average Bonchev–Trinajstić information content (AvgIpc) is 0.478. The van der Waals surface area contributed by atoms with Gasteiger partial charge < -0.3 is 52.5 Å². The molecule has 5 aliphatic rings. The van der Waals surface area contributed by atoms with Gasteiger partial charge in [-0.05, 0) is 340 Å². The fourth-order valence-electron chi connectivity index (χ4n) is 19.2. The Hall–Kier alpha value is -9.56. The summed E-state index contributed by atoms with van der Waals surface area (Å²) >= 11 is 0. The summed E-state index contributed by atoms with van der Waals surface area (Å²) in [4.78, 5) is 0. The maximum Gasteiger partial charge on any atom is 0.204 e. The van der Waals surface area contributed by atoms with Crippen LogP contribution in [0.2, 0.25) is 0 Å². The molecule has 702 valence electrons. The van der Waals surface area contributed by atoms with E-state index < -0.39 is 5.79 Å². The third-order valence-electron chi connectivity index (χ3n) is 27.5. The van der Waals surface area contributed by atoms with Crippen LogP contribution in [0.5, 0.6) is 28.7 Å². The number of aryl methyl sites for hydroxylation is 3. The van der Waals surface area contributed by atoms with Crippen molar-refractivity contribution in [1.82, 2.24) is 0 Å². The van der Waals surface area contributed by atoms with Crippen molar-refractivity contribution in [1.29, 1.82) is 0 Å². The number of ether oxygens (including phenoxy) is 10. The van der Waals surface area contributed by atoms with Gasteiger partial charge in [0.25, 0.3) is 0 Å². The first-order chi connectivity index (χ1) is 63.3. The zero-order valence-corrected chi connectivity index (χ0v) is 82.6. The fourth-order valence-corrected chi connectivity index (χ4v) is 19.2. The molecule has 11 nitrogen and oxygen atoms in total. The van der Waals surface area contributed by atoms with Crippen LogP contribution < -0.4 is 23.7 Å². The van der Waals surface area contributed by atoms with E-state index in [1.54, 1.807) is 0 Å². The van der Waals surface area contributed by atoms with E-state index in [0.717, 1.165) is 124 Å². The fraction of sp³-hybridized carbons (Fsp3) is 0.467. The summed E-state index contributed by atoms with van der Waals surface area (Å²) in [5.74, 6) is 9.36. The zero-order valence-electron chi connectivity index (χ0n) is 82.6. The van der Waals surface area contributed by atoms with Gasteiger partial charge in [0.1, 0.15) is 28.7 Å². The summed E-state index contributed by atoms with van der Waals surface area (Å²) < 4.78 is 60.2. The van der Waals surface area contributed by atoms with Crippen LogP contribution in [0, 0.1) is 37.0 Å². The molecule has 4 saturated carbocycles. The largest absolute Gasteiger partial charge is 0.465 e. The SMILES string of the molecule is CCC(C)c1ccc(OC(C)(C)OCCCCc2ccccc2)cc1.CCC(C)c1ccc(OC(C)OCC23CC4CC(CC(C4)C2)C3)cc1.CCC(C)c1ccc(OC(C)OCc2c3c(cc4ccccc24)CC=CC3)cc1.CCC(C)c1ccc(OC(C)OCc2cccc3ccccc23)cc1.CCC(OCCc1cc(C)cc(C)c1)Oc1ccc(C(C)CC)cc1CO. The van der Waals surface area contributed by atoms with Crippen LogP contribution in [0.3, 0.4) is 0 Å². The Morgan fingerprint density at radius 2 is 0.855 bits per heavy atom. The average molecular weight is 1770 g/mol. The first-order valence-corrected chi connectivity index (χ1v) is 49.7. The molecule has 16 rings (SSSR count). The third kappa shape index (κ3) is 31.5. The van der Waals surface area contributed by atoms with E-state index in [0.29, 0.717) is 67.2 Å². The number of hydrogen-bond donors (Lipinski definition) is 1. The van der Waals surface area contributed by atoms with Crippen molar-refractivity contribution in [3.05, 3.63) is 327 Å². The molecular weight excluding hydrogens is 1620 g/mol. The highest BCUT2D eigenvalue weighted by Gasteiger charge is 2.51. The molecule has 5 aliphatic carbocycles. The second-order valence-electron chi connectivity index (χ2n) is 38.4. The number of fused-ring (bicyclic) bond motifs is 3. The Bertz CT molecular complexity index is 5150. The molecule has 9 atom stereocenters. The molecule has 0 heterocycles. The smallest absolute Gasteiger partial charge is 0.204 e. The van der Waals surface area contributed by atoms with E-state index in [1.165, 1.54) is 139 Å². The van der Waals surface area contributed by atoms with Gasteiger partial charge in [-0.25, -0.2) is 0 Å². The summed E-state index contributed by atoms with van der Waals surface area (Å²) in [7, 11) is 0. The Kier molecular flexibility index (Phi) is 40.2. The van der Waals surface area contributed by atoms with Gasteiger partial charge >= 0.3 is 0 Å². The molecule has 1 N–H and O–H groups in total. The van der Waals surface area contributed by atoms with Crippen LogP contribution in [0.1, 0.15) is 308 Å². The maximum absolute atomic E-state index is 9.74. The molecular formula is C120H156O11.